The average molecular weight is 249 g/mol. The van der Waals surface area contributed by atoms with Gasteiger partial charge < -0.3 is 4.74 Å². The van der Waals surface area contributed by atoms with E-state index in [0.29, 0.717) is 5.56 Å². The first-order valence-electron chi connectivity index (χ1n) is 5.44. The molecule has 0 heterocycles. The third-order valence-electron chi connectivity index (χ3n) is 2.02. The minimum atomic E-state index is -0.617. The van der Waals surface area contributed by atoms with Gasteiger partial charge in [-0.2, -0.15) is 0 Å². The Bertz CT molecular complexity index is 443. The zero-order valence-corrected chi connectivity index (χ0v) is 10.3. The van der Waals surface area contributed by atoms with Gasteiger partial charge in [-0.15, -0.1) is 0 Å². The maximum Gasteiger partial charge on any atom is 0.375 e. The largest absolute Gasteiger partial charge is 0.460 e. The van der Waals surface area contributed by atoms with Gasteiger partial charge in [0.15, 0.2) is 0 Å². The third-order valence-corrected chi connectivity index (χ3v) is 2.02. The number of carbonyl (C=O) groups excluding carboxylic acids is 2. The summed E-state index contributed by atoms with van der Waals surface area (Å²) in [6.45, 7) is 1.93. The molecule has 6 heteroatoms. The highest BCUT2D eigenvalue weighted by atomic mass is 16.5. The molecule has 0 spiro atoms. The first kappa shape index (κ1) is 13.7. The number of amides is 1. The fraction of sp³-hybridized carbons (Fsp3) is 0.250. The molecule has 6 nitrogen and oxygen atoms in total. The normalized spacial score (nSPS) is 10.7. The predicted molar refractivity (Wildman–Crippen MR) is 67.0 cm³/mol. The SMILES string of the molecule is CCOC(=O)C(=NC)NNC(=O)c1ccccc1. The highest BCUT2D eigenvalue weighted by Crippen LogP contribution is 1.96. The summed E-state index contributed by atoms with van der Waals surface area (Å²) in [7, 11) is 1.42. The predicted octanol–water partition coefficient (Wildman–Crippen LogP) is 0.512. The Morgan fingerprint density at radius 3 is 2.44 bits per heavy atom. The summed E-state index contributed by atoms with van der Waals surface area (Å²) in [5.74, 6) is -1.03. The lowest BCUT2D eigenvalue weighted by molar-refractivity contribution is -0.135. The number of esters is 1. The van der Waals surface area contributed by atoms with Crippen molar-refractivity contribution in [1.82, 2.24) is 10.9 Å². The molecule has 1 amide bonds. The Morgan fingerprint density at radius 1 is 1.22 bits per heavy atom. The molecule has 96 valence electrons. The van der Waals surface area contributed by atoms with Crippen molar-refractivity contribution >= 4 is 17.7 Å². The van der Waals surface area contributed by atoms with Gasteiger partial charge in [-0.05, 0) is 19.1 Å². The minimum absolute atomic E-state index is 0.0545. The maximum absolute atomic E-state index is 11.7. The lowest BCUT2D eigenvalue weighted by Crippen LogP contribution is -2.45. The summed E-state index contributed by atoms with van der Waals surface area (Å²) in [6, 6.07) is 8.61. The van der Waals surface area contributed by atoms with Crippen LogP contribution in [0.2, 0.25) is 0 Å². The van der Waals surface area contributed by atoms with Gasteiger partial charge in [-0.3, -0.25) is 20.6 Å². The van der Waals surface area contributed by atoms with E-state index in [1.54, 1.807) is 31.2 Å². The van der Waals surface area contributed by atoms with Crippen molar-refractivity contribution in [2.24, 2.45) is 4.99 Å². The van der Waals surface area contributed by atoms with Crippen LogP contribution < -0.4 is 10.9 Å². The van der Waals surface area contributed by atoms with Crippen LogP contribution in [0.3, 0.4) is 0 Å². The van der Waals surface area contributed by atoms with Crippen LogP contribution in [0.5, 0.6) is 0 Å². The van der Waals surface area contributed by atoms with Gasteiger partial charge in [0.1, 0.15) is 0 Å². The smallest absolute Gasteiger partial charge is 0.375 e. The van der Waals surface area contributed by atoms with E-state index in [0.717, 1.165) is 0 Å². The van der Waals surface area contributed by atoms with Crippen molar-refractivity contribution in [2.75, 3.05) is 13.7 Å². The standard InChI is InChI=1S/C12H15N3O3/c1-3-18-12(17)10(13-2)14-15-11(16)9-7-5-4-6-8-9/h4-8H,3H2,1-2H3,(H,13,14)(H,15,16). The van der Waals surface area contributed by atoms with E-state index >= 15 is 0 Å². The molecular weight excluding hydrogens is 234 g/mol. The van der Waals surface area contributed by atoms with E-state index in [-0.39, 0.29) is 18.3 Å². The second kappa shape index (κ2) is 7.05. The minimum Gasteiger partial charge on any atom is -0.460 e. The molecule has 1 aromatic rings. The quantitative estimate of drug-likeness (QED) is 0.346. The van der Waals surface area contributed by atoms with Crippen molar-refractivity contribution in [1.29, 1.82) is 0 Å². The molecule has 0 radical (unpaired) electrons. The van der Waals surface area contributed by atoms with Crippen LogP contribution in [0.25, 0.3) is 0 Å². The number of aliphatic imine (C=N–C) groups is 1. The average Bonchev–Trinajstić information content (AvgIpc) is 2.40. The molecule has 0 aliphatic rings. The van der Waals surface area contributed by atoms with Crippen molar-refractivity contribution in [3.8, 4) is 0 Å². The van der Waals surface area contributed by atoms with Gasteiger partial charge in [0.05, 0.1) is 6.61 Å². The molecule has 2 N–H and O–H groups in total. The third kappa shape index (κ3) is 3.89. The number of hydrogen-bond acceptors (Lipinski definition) is 4. The Balaban J connectivity index is 2.54. The van der Waals surface area contributed by atoms with Crippen LogP contribution in [0.4, 0.5) is 0 Å². The molecule has 1 aromatic carbocycles. The number of hydrazine groups is 1. The lowest BCUT2D eigenvalue weighted by atomic mass is 10.2. The first-order valence-corrected chi connectivity index (χ1v) is 5.44. The molecule has 0 bridgehead atoms. The summed E-state index contributed by atoms with van der Waals surface area (Å²) in [4.78, 5) is 26.7. The number of benzene rings is 1. The van der Waals surface area contributed by atoms with Crippen LogP contribution in [0.1, 0.15) is 17.3 Å². The zero-order chi connectivity index (χ0) is 13.4. The van der Waals surface area contributed by atoms with Crippen LogP contribution in [-0.4, -0.2) is 31.4 Å². The first-order chi connectivity index (χ1) is 8.69. The fourth-order valence-electron chi connectivity index (χ4n) is 1.18. The van der Waals surface area contributed by atoms with Gasteiger partial charge >= 0.3 is 5.97 Å². The molecule has 0 unspecified atom stereocenters. The number of carbonyl (C=O) groups is 2. The van der Waals surface area contributed by atoms with Crippen molar-refractivity contribution < 1.29 is 14.3 Å². The molecule has 1 rings (SSSR count). The second-order valence-corrected chi connectivity index (χ2v) is 3.24. The Morgan fingerprint density at radius 2 is 1.89 bits per heavy atom. The Labute approximate surface area is 105 Å². The van der Waals surface area contributed by atoms with Gasteiger partial charge in [-0.25, -0.2) is 4.79 Å². The molecule has 0 atom stereocenters. The van der Waals surface area contributed by atoms with Crippen LogP contribution >= 0.6 is 0 Å². The highest BCUT2D eigenvalue weighted by Gasteiger charge is 2.12. The van der Waals surface area contributed by atoms with E-state index in [9.17, 15) is 9.59 Å². The van der Waals surface area contributed by atoms with Crippen molar-refractivity contribution in [3.63, 3.8) is 0 Å². The number of ether oxygens (including phenoxy) is 1. The van der Waals surface area contributed by atoms with E-state index in [2.05, 4.69) is 15.8 Å². The molecule has 0 fully saturated rings. The number of amidine groups is 1. The van der Waals surface area contributed by atoms with Gasteiger partial charge in [0.2, 0.25) is 5.84 Å². The summed E-state index contributed by atoms with van der Waals surface area (Å²) in [5.41, 5.74) is 5.27. The second-order valence-electron chi connectivity index (χ2n) is 3.24. The summed E-state index contributed by atoms with van der Waals surface area (Å²) in [6.07, 6.45) is 0. The van der Waals surface area contributed by atoms with E-state index in [1.165, 1.54) is 7.05 Å². The van der Waals surface area contributed by atoms with Gasteiger partial charge in [-0.1, -0.05) is 18.2 Å². The van der Waals surface area contributed by atoms with Crippen LogP contribution in [0, 0.1) is 0 Å². The monoisotopic (exact) mass is 249 g/mol. The molecule has 18 heavy (non-hydrogen) atoms. The topological polar surface area (TPSA) is 79.8 Å². The number of rotatable bonds is 2. The zero-order valence-electron chi connectivity index (χ0n) is 10.3. The van der Waals surface area contributed by atoms with Gasteiger partial charge in [0, 0.05) is 12.6 Å². The fourth-order valence-corrected chi connectivity index (χ4v) is 1.18. The van der Waals surface area contributed by atoms with Crippen LogP contribution in [0.15, 0.2) is 35.3 Å². The van der Waals surface area contributed by atoms with E-state index in [1.807, 2.05) is 6.07 Å². The number of nitrogens with one attached hydrogen (secondary N) is 2. The maximum atomic E-state index is 11.7. The molecular formula is C12H15N3O3. The van der Waals surface area contributed by atoms with Gasteiger partial charge in [0.25, 0.3) is 5.91 Å². The molecule has 0 aliphatic heterocycles. The Hall–Kier alpha value is -2.37. The van der Waals surface area contributed by atoms with E-state index in [4.69, 9.17) is 4.74 Å². The van der Waals surface area contributed by atoms with Crippen LogP contribution in [-0.2, 0) is 9.53 Å². The van der Waals surface area contributed by atoms with E-state index < -0.39 is 5.97 Å². The molecule has 0 aromatic heterocycles. The molecule has 0 saturated heterocycles. The highest BCUT2D eigenvalue weighted by molar-refractivity contribution is 6.35. The Kier molecular flexibility index (Phi) is 5.37. The molecule has 0 saturated carbocycles. The molecule has 0 aliphatic carbocycles. The number of hydrogen-bond donors (Lipinski definition) is 2. The lowest BCUT2D eigenvalue weighted by Gasteiger charge is -2.09. The van der Waals surface area contributed by atoms with Crippen molar-refractivity contribution in [3.05, 3.63) is 35.9 Å². The summed E-state index contributed by atoms with van der Waals surface area (Å²) >= 11 is 0. The number of nitrogens with zero attached hydrogens (tertiary/aromatic N) is 1. The summed E-state index contributed by atoms with van der Waals surface area (Å²) < 4.78 is 4.75. The van der Waals surface area contributed by atoms with Crippen molar-refractivity contribution in [2.45, 2.75) is 6.92 Å². The summed E-state index contributed by atoms with van der Waals surface area (Å²) in [5, 5.41) is 0.